The first kappa shape index (κ1) is 14.0. The van der Waals surface area contributed by atoms with Crippen LogP contribution >= 0.6 is 11.6 Å². The molecule has 1 atom stereocenters. The normalized spacial score (nSPS) is 12.5. The number of pyridine rings is 1. The average Bonchev–Trinajstić information content (AvgIpc) is 2.53. The van der Waals surface area contributed by atoms with Crippen LogP contribution in [0.5, 0.6) is 0 Å². The molecule has 0 aliphatic rings. The lowest BCUT2D eigenvalue weighted by atomic mass is 10.0. The largest absolute Gasteiger partial charge is 0.271 e. The van der Waals surface area contributed by atoms with Crippen molar-refractivity contribution in [3.8, 4) is 0 Å². The van der Waals surface area contributed by atoms with E-state index in [0.717, 1.165) is 33.6 Å². The molecule has 3 nitrogen and oxygen atoms in total. The molecule has 106 valence electrons. The summed E-state index contributed by atoms with van der Waals surface area (Å²) in [4.78, 5) is 4.68. The van der Waals surface area contributed by atoms with Gasteiger partial charge in [0.1, 0.15) is 0 Å². The van der Waals surface area contributed by atoms with Gasteiger partial charge in [-0.3, -0.25) is 16.3 Å². The van der Waals surface area contributed by atoms with Crippen LogP contribution < -0.4 is 11.3 Å². The van der Waals surface area contributed by atoms with Crippen molar-refractivity contribution in [3.63, 3.8) is 0 Å². The van der Waals surface area contributed by atoms with Gasteiger partial charge in [0.05, 0.1) is 11.6 Å². The molecule has 0 radical (unpaired) electrons. The summed E-state index contributed by atoms with van der Waals surface area (Å²) in [6, 6.07) is 19.9. The molecule has 3 aromatic rings. The summed E-state index contributed by atoms with van der Waals surface area (Å²) in [6.07, 6.45) is 0.725. The number of nitrogens with one attached hydrogen (secondary N) is 1. The van der Waals surface area contributed by atoms with Gasteiger partial charge in [0, 0.05) is 22.5 Å². The molecule has 0 aliphatic heterocycles. The van der Waals surface area contributed by atoms with Crippen molar-refractivity contribution in [1.82, 2.24) is 10.4 Å². The van der Waals surface area contributed by atoms with Crippen LogP contribution in [-0.2, 0) is 6.42 Å². The van der Waals surface area contributed by atoms with Crippen LogP contribution in [0.15, 0.2) is 60.7 Å². The smallest absolute Gasteiger partial charge is 0.0705 e. The van der Waals surface area contributed by atoms with Gasteiger partial charge >= 0.3 is 0 Å². The molecule has 21 heavy (non-hydrogen) atoms. The minimum absolute atomic E-state index is 0.0101. The first-order chi connectivity index (χ1) is 10.3. The van der Waals surface area contributed by atoms with E-state index >= 15 is 0 Å². The first-order valence-corrected chi connectivity index (χ1v) is 7.20. The third-order valence-electron chi connectivity index (χ3n) is 3.54. The monoisotopic (exact) mass is 297 g/mol. The van der Waals surface area contributed by atoms with Crippen molar-refractivity contribution < 1.29 is 0 Å². The van der Waals surface area contributed by atoms with E-state index in [1.165, 1.54) is 0 Å². The van der Waals surface area contributed by atoms with Gasteiger partial charge in [-0.15, -0.1) is 0 Å². The Labute approximate surface area is 128 Å². The molecule has 4 heteroatoms. The SMILES string of the molecule is NNC(Cc1ccc2ccccc2n1)c1ccc(Cl)cc1. The Bertz CT molecular complexity index is 740. The molecular formula is C17H16ClN3. The molecule has 0 aliphatic carbocycles. The summed E-state index contributed by atoms with van der Waals surface area (Å²) in [5.74, 6) is 5.69. The summed E-state index contributed by atoms with van der Waals surface area (Å²) in [7, 11) is 0. The predicted molar refractivity (Wildman–Crippen MR) is 87.0 cm³/mol. The Morgan fingerprint density at radius 1 is 1.00 bits per heavy atom. The second kappa shape index (κ2) is 6.22. The van der Waals surface area contributed by atoms with Crippen LogP contribution in [0.4, 0.5) is 0 Å². The maximum Gasteiger partial charge on any atom is 0.0705 e. The van der Waals surface area contributed by atoms with E-state index in [1.807, 2.05) is 48.5 Å². The number of hydrogen-bond donors (Lipinski definition) is 2. The van der Waals surface area contributed by atoms with Gasteiger partial charge in [0.2, 0.25) is 0 Å². The lowest BCUT2D eigenvalue weighted by molar-refractivity contribution is 0.547. The lowest BCUT2D eigenvalue weighted by Gasteiger charge is -2.16. The molecule has 1 heterocycles. The molecule has 1 unspecified atom stereocenters. The number of fused-ring (bicyclic) bond motifs is 1. The van der Waals surface area contributed by atoms with Crippen LogP contribution in [0.1, 0.15) is 17.3 Å². The van der Waals surface area contributed by atoms with E-state index in [0.29, 0.717) is 0 Å². The summed E-state index contributed by atoms with van der Waals surface area (Å²) in [5.41, 5.74) is 5.95. The quantitative estimate of drug-likeness (QED) is 0.571. The highest BCUT2D eigenvalue weighted by Crippen LogP contribution is 2.20. The molecule has 0 saturated heterocycles. The Morgan fingerprint density at radius 2 is 1.76 bits per heavy atom. The van der Waals surface area contributed by atoms with Gasteiger partial charge in [0.15, 0.2) is 0 Å². The van der Waals surface area contributed by atoms with E-state index in [4.69, 9.17) is 17.4 Å². The minimum Gasteiger partial charge on any atom is -0.271 e. The van der Waals surface area contributed by atoms with Crippen molar-refractivity contribution in [1.29, 1.82) is 0 Å². The van der Waals surface area contributed by atoms with E-state index in [9.17, 15) is 0 Å². The topological polar surface area (TPSA) is 50.9 Å². The van der Waals surface area contributed by atoms with Gasteiger partial charge in [-0.2, -0.15) is 0 Å². The summed E-state index contributed by atoms with van der Waals surface area (Å²) < 4.78 is 0. The number of rotatable bonds is 4. The number of nitrogens with zero attached hydrogens (tertiary/aromatic N) is 1. The van der Waals surface area contributed by atoms with Gasteiger partial charge in [-0.1, -0.05) is 48.0 Å². The number of para-hydroxylation sites is 1. The number of hydrogen-bond acceptors (Lipinski definition) is 3. The van der Waals surface area contributed by atoms with Crippen LogP contribution in [0, 0.1) is 0 Å². The molecule has 1 aromatic heterocycles. The maximum absolute atomic E-state index is 5.92. The zero-order chi connectivity index (χ0) is 14.7. The Morgan fingerprint density at radius 3 is 2.52 bits per heavy atom. The molecule has 0 fully saturated rings. The van der Waals surface area contributed by atoms with E-state index < -0.39 is 0 Å². The van der Waals surface area contributed by atoms with Gasteiger partial charge in [0.25, 0.3) is 0 Å². The standard InChI is InChI=1S/C17H16ClN3/c18-14-8-5-13(6-9-14)17(21-19)11-15-10-7-12-3-1-2-4-16(12)20-15/h1-10,17,21H,11,19H2. The highest BCUT2D eigenvalue weighted by molar-refractivity contribution is 6.30. The molecule has 0 amide bonds. The van der Waals surface area contributed by atoms with Crippen molar-refractivity contribution in [2.75, 3.05) is 0 Å². The second-order valence-corrected chi connectivity index (χ2v) is 5.41. The van der Waals surface area contributed by atoms with Crippen LogP contribution in [-0.4, -0.2) is 4.98 Å². The third-order valence-corrected chi connectivity index (χ3v) is 3.79. The fraction of sp³-hybridized carbons (Fsp3) is 0.118. The van der Waals surface area contributed by atoms with Gasteiger partial charge in [-0.05, 0) is 29.8 Å². The predicted octanol–water partition coefficient (Wildman–Crippen LogP) is 3.64. The number of nitrogens with two attached hydrogens (primary N) is 1. The van der Waals surface area contributed by atoms with Gasteiger partial charge in [-0.25, -0.2) is 0 Å². The van der Waals surface area contributed by atoms with E-state index in [1.54, 1.807) is 0 Å². The van der Waals surface area contributed by atoms with Crippen LogP contribution in [0.25, 0.3) is 10.9 Å². The third kappa shape index (κ3) is 3.22. The van der Waals surface area contributed by atoms with Crippen molar-refractivity contribution >= 4 is 22.5 Å². The summed E-state index contributed by atoms with van der Waals surface area (Å²) in [5, 5.41) is 1.86. The molecule has 0 bridgehead atoms. The Hall–Kier alpha value is -1.94. The molecule has 3 N–H and O–H groups in total. The van der Waals surface area contributed by atoms with Gasteiger partial charge < -0.3 is 0 Å². The number of halogens is 1. The van der Waals surface area contributed by atoms with Crippen LogP contribution in [0.3, 0.4) is 0 Å². The minimum atomic E-state index is 0.0101. The zero-order valence-corrected chi connectivity index (χ0v) is 12.2. The van der Waals surface area contributed by atoms with E-state index in [2.05, 4.69) is 22.5 Å². The molecule has 3 rings (SSSR count). The highest BCUT2D eigenvalue weighted by atomic mass is 35.5. The average molecular weight is 298 g/mol. The van der Waals surface area contributed by atoms with Crippen molar-refractivity contribution in [2.24, 2.45) is 5.84 Å². The Kier molecular flexibility index (Phi) is 4.15. The first-order valence-electron chi connectivity index (χ1n) is 6.82. The fourth-order valence-electron chi connectivity index (χ4n) is 2.40. The zero-order valence-electron chi connectivity index (χ0n) is 11.5. The van der Waals surface area contributed by atoms with E-state index in [-0.39, 0.29) is 6.04 Å². The molecule has 2 aromatic carbocycles. The summed E-state index contributed by atoms with van der Waals surface area (Å²) in [6.45, 7) is 0. The highest BCUT2D eigenvalue weighted by Gasteiger charge is 2.11. The molecule has 0 spiro atoms. The van der Waals surface area contributed by atoms with Crippen LogP contribution in [0.2, 0.25) is 5.02 Å². The number of hydrazine groups is 1. The number of aromatic nitrogens is 1. The fourth-order valence-corrected chi connectivity index (χ4v) is 2.53. The van der Waals surface area contributed by atoms with Crippen molar-refractivity contribution in [2.45, 2.75) is 12.5 Å². The van der Waals surface area contributed by atoms with Crippen molar-refractivity contribution in [3.05, 3.63) is 76.9 Å². The second-order valence-electron chi connectivity index (χ2n) is 4.97. The summed E-state index contributed by atoms with van der Waals surface area (Å²) >= 11 is 5.92. The maximum atomic E-state index is 5.92. The number of benzene rings is 2. The lowest BCUT2D eigenvalue weighted by Crippen LogP contribution is -2.29. The molecular weight excluding hydrogens is 282 g/mol. The Balaban J connectivity index is 1.86. The molecule has 0 saturated carbocycles.